The number of para-hydroxylation sites is 1. The minimum absolute atomic E-state index is 0.160. The SMILES string of the molecule is Cc1cnc(C(=O)NC[C@@H]2CCCN2c2ccccc2)cn1. The van der Waals surface area contributed by atoms with Crippen molar-refractivity contribution < 1.29 is 4.79 Å². The quantitative estimate of drug-likeness (QED) is 0.939. The van der Waals surface area contributed by atoms with Crippen LogP contribution < -0.4 is 10.2 Å². The third kappa shape index (κ3) is 3.24. The highest BCUT2D eigenvalue weighted by molar-refractivity contribution is 5.91. The van der Waals surface area contributed by atoms with E-state index in [0.717, 1.165) is 25.1 Å². The number of carbonyl (C=O) groups excluding carboxylic acids is 1. The Kier molecular flexibility index (Phi) is 4.32. The highest BCUT2D eigenvalue weighted by Crippen LogP contribution is 2.24. The first-order valence-electron chi connectivity index (χ1n) is 7.62. The molecule has 1 fully saturated rings. The maximum atomic E-state index is 12.1. The molecular formula is C17H20N4O. The summed E-state index contributed by atoms with van der Waals surface area (Å²) in [5, 5.41) is 2.98. The van der Waals surface area contributed by atoms with Gasteiger partial charge in [-0.2, -0.15) is 0 Å². The molecule has 0 unspecified atom stereocenters. The Morgan fingerprint density at radius 3 is 2.82 bits per heavy atom. The molecule has 5 nitrogen and oxygen atoms in total. The van der Waals surface area contributed by atoms with Crippen molar-refractivity contribution in [3.05, 3.63) is 54.1 Å². The lowest BCUT2D eigenvalue weighted by molar-refractivity contribution is 0.0946. The van der Waals surface area contributed by atoms with Crippen molar-refractivity contribution in [2.24, 2.45) is 0 Å². The van der Waals surface area contributed by atoms with E-state index >= 15 is 0 Å². The number of hydrogen-bond donors (Lipinski definition) is 1. The van der Waals surface area contributed by atoms with E-state index in [1.807, 2.05) is 25.1 Å². The Labute approximate surface area is 130 Å². The largest absolute Gasteiger partial charge is 0.367 e. The number of carbonyl (C=O) groups is 1. The molecule has 1 atom stereocenters. The van der Waals surface area contributed by atoms with Gasteiger partial charge in [-0.25, -0.2) is 4.98 Å². The molecule has 0 saturated carbocycles. The highest BCUT2D eigenvalue weighted by atomic mass is 16.1. The third-order valence-corrected chi connectivity index (χ3v) is 3.98. The van der Waals surface area contributed by atoms with Crippen LogP contribution in [0.2, 0.25) is 0 Å². The number of anilines is 1. The summed E-state index contributed by atoms with van der Waals surface area (Å²) in [4.78, 5) is 22.7. The average Bonchev–Trinajstić information content (AvgIpc) is 3.02. The zero-order chi connectivity index (χ0) is 15.4. The van der Waals surface area contributed by atoms with Gasteiger partial charge in [-0.1, -0.05) is 18.2 Å². The fraction of sp³-hybridized carbons (Fsp3) is 0.353. The molecule has 5 heteroatoms. The molecule has 2 aromatic rings. The van der Waals surface area contributed by atoms with Crippen LogP contribution in [0.3, 0.4) is 0 Å². The number of aryl methyl sites for hydroxylation is 1. The number of hydrogen-bond acceptors (Lipinski definition) is 4. The Balaban J connectivity index is 1.61. The van der Waals surface area contributed by atoms with Crippen molar-refractivity contribution in [2.75, 3.05) is 18.0 Å². The first-order chi connectivity index (χ1) is 10.7. The topological polar surface area (TPSA) is 58.1 Å². The second-order valence-electron chi connectivity index (χ2n) is 5.58. The lowest BCUT2D eigenvalue weighted by Gasteiger charge is -2.27. The predicted octanol–water partition coefficient (Wildman–Crippen LogP) is 2.18. The summed E-state index contributed by atoms with van der Waals surface area (Å²) >= 11 is 0. The van der Waals surface area contributed by atoms with Crippen molar-refractivity contribution in [1.29, 1.82) is 0 Å². The van der Waals surface area contributed by atoms with Crippen LogP contribution in [-0.2, 0) is 0 Å². The molecule has 0 aliphatic carbocycles. The summed E-state index contributed by atoms with van der Waals surface area (Å²) in [6, 6.07) is 10.7. The summed E-state index contributed by atoms with van der Waals surface area (Å²) in [6.07, 6.45) is 5.38. The van der Waals surface area contributed by atoms with Gasteiger partial charge in [0.1, 0.15) is 5.69 Å². The molecule has 1 aromatic heterocycles. The van der Waals surface area contributed by atoms with Crippen LogP contribution in [0, 0.1) is 6.92 Å². The smallest absolute Gasteiger partial charge is 0.271 e. The van der Waals surface area contributed by atoms with E-state index in [9.17, 15) is 4.79 Å². The van der Waals surface area contributed by atoms with Crippen LogP contribution in [-0.4, -0.2) is 35.0 Å². The monoisotopic (exact) mass is 296 g/mol. The summed E-state index contributed by atoms with van der Waals surface area (Å²) in [5.74, 6) is -0.160. The lowest BCUT2D eigenvalue weighted by Crippen LogP contribution is -2.40. The van der Waals surface area contributed by atoms with Gasteiger partial charge in [0, 0.05) is 31.0 Å². The molecule has 22 heavy (non-hydrogen) atoms. The average molecular weight is 296 g/mol. The second kappa shape index (κ2) is 6.56. The van der Waals surface area contributed by atoms with Crippen LogP contribution in [0.25, 0.3) is 0 Å². The molecule has 1 aliphatic rings. The van der Waals surface area contributed by atoms with Gasteiger partial charge in [-0.15, -0.1) is 0 Å². The Morgan fingerprint density at radius 1 is 1.27 bits per heavy atom. The van der Waals surface area contributed by atoms with E-state index in [1.54, 1.807) is 6.20 Å². The maximum absolute atomic E-state index is 12.1. The van der Waals surface area contributed by atoms with Crippen LogP contribution in [0.15, 0.2) is 42.7 Å². The van der Waals surface area contributed by atoms with Gasteiger partial charge in [0.2, 0.25) is 0 Å². The van der Waals surface area contributed by atoms with Gasteiger partial charge in [0.25, 0.3) is 5.91 Å². The second-order valence-corrected chi connectivity index (χ2v) is 5.58. The molecule has 1 amide bonds. The minimum atomic E-state index is -0.160. The molecule has 0 radical (unpaired) electrons. The van der Waals surface area contributed by atoms with Crippen molar-refractivity contribution in [3.63, 3.8) is 0 Å². The van der Waals surface area contributed by atoms with Gasteiger partial charge in [0.15, 0.2) is 0 Å². The Hall–Kier alpha value is -2.43. The van der Waals surface area contributed by atoms with Crippen molar-refractivity contribution in [1.82, 2.24) is 15.3 Å². The zero-order valence-corrected chi connectivity index (χ0v) is 12.7. The zero-order valence-electron chi connectivity index (χ0n) is 12.7. The third-order valence-electron chi connectivity index (χ3n) is 3.98. The summed E-state index contributed by atoms with van der Waals surface area (Å²) in [6.45, 7) is 3.52. The molecule has 1 N–H and O–H groups in total. The standard InChI is InChI=1S/C17H20N4O/c1-13-10-19-16(12-18-13)17(22)20-11-15-8-5-9-21(15)14-6-3-2-4-7-14/h2-4,6-7,10,12,15H,5,8-9,11H2,1H3,(H,20,22)/t15-/m0/s1. The normalized spacial score (nSPS) is 17.5. The molecule has 1 saturated heterocycles. The molecule has 0 spiro atoms. The van der Waals surface area contributed by atoms with Gasteiger partial charge < -0.3 is 10.2 Å². The van der Waals surface area contributed by atoms with Crippen molar-refractivity contribution in [3.8, 4) is 0 Å². The minimum Gasteiger partial charge on any atom is -0.367 e. The van der Waals surface area contributed by atoms with Gasteiger partial charge in [0.05, 0.1) is 11.9 Å². The summed E-state index contributed by atoms with van der Waals surface area (Å²) in [5.41, 5.74) is 2.40. The van der Waals surface area contributed by atoms with E-state index in [-0.39, 0.29) is 5.91 Å². The van der Waals surface area contributed by atoms with Gasteiger partial charge >= 0.3 is 0 Å². The van der Waals surface area contributed by atoms with E-state index < -0.39 is 0 Å². The first kappa shape index (κ1) is 14.5. The van der Waals surface area contributed by atoms with E-state index in [0.29, 0.717) is 18.3 Å². The van der Waals surface area contributed by atoms with Crippen molar-refractivity contribution in [2.45, 2.75) is 25.8 Å². The summed E-state index contributed by atoms with van der Waals surface area (Å²) in [7, 11) is 0. The lowest BCUT2D eigenvalue weighted by atomic mass is 10.2. The fourth-order valence-electron chi connectivity index (χ4n) is 2.82. The number of nitrogens with one attached hydrogen (secondary N) is 1. The van der Waals surface area contributed by atoms with E-state index in [2.05, 4.69) is 32.3 Å². The van der Waals surface area contributed by atoms with Crippen LogP contribution in [0.5, 0.6) is 0 Å². The first-order valence-corrected chi connectivity index (χ1v) is 7.62. The molecule has 114 valence electrons. The Morgan fingerprint density at radius 2 is 2.09 bits per heavy atom. The van der Waals surface area contributed by atoms with Crippen molar-refractivity contribution >= 4 is 11.6 Å². The number of benzene rings is 1. The number of aromatic nitrogens is 2. The fourth-order valence-corrected chi connectivity index (χ4v) is 2.82. The molecule has 2 heterocycles. The number of rotatable bonds is 4. The van der Waals surface area contributed by atoms with E-state index in [1.165, 1.54) is 11.9 Å². The molecule has 1 aromatic carbocycles. The van der Waals surface area contributed by atoms with Crippen LogP contribution in [0.4, 0.5) is 5.69 Å². The molecule has 1 aliphatic heterocycles. The van der Waals surface area contributed by atoms with Crippen LogP contribution >= 0.6 is 0 Å². The molecular weight excluding hydrogens is 276 g/mol. The van der Waals surface area contributed by atoms with Gasteiger partial charge in [-0.05, 0) is 31.9 Å². The predicted molar refractivity (Wildman–Crippen MR) is 85.9 cm³/mol. The van der Waals surface area contributed by atoms with Crippen LogP contribution in [0.1, 0.15) is 29.0 Å². The maximum Gasteiger partial charge on any atom is 0.271 e. The number of nitrogens with zero attached hydrogens (tertiary/aromatic N) is 3. The molecule has 0 bridgehead atoms. The van der Waals surface area contributed by atoms with E-state index in [4.69, 9.17) is 0 Å². The molecule has 3 rings (SSSR count). The van der Waals surface area contributed by atoms with Gasteiger partial charge in [-0.3, -0.25) is 9.78 Å². The summed E-state index contributed by atoms with van der Waals surface area (Å²) < 4.78 is 0. The highest BCUT2D eigenvalue weighted by Gasteiger charge is 2.25. The number of amides is 1. The Bertz CT molecular complexity index is 627.